The van der Waals surface area contributed by atoms with Crippen molar-refractivity contribution in [3.05, 3.63) is 29.8 Å². The lowest BCUT2D eigenvalue weighted by molar-refractivity contribution is -0.181. The Labute approximate surface area is 112 Å². The fourth-order valence-corrected chi connectivity index (χ4v) is 2.00. The molecule has 0 radical (unpaired) electrons. The van der Waals surface area contributed by atoms with E-state index in [4.69, 9.17) is 0 Å². The number of hydrogen-bond donors (Lipinski definition) is 1. The molecule has 0 saturated heterocycles. The van der Waals surface area contributed by atoms with Crippen molar-refractivity contribution < 1.29 is 36.0 Å². The zero-order valence-electron chi connectivity index (χ0n) is 10.1. The highest BCUT2D eigenvalue weighted by atomic mass is 32.2. The van der Waals surface area contributed by atoms with Gasteiger partial charge in [-0.15, -0.1) is 0 Å². The maximum absolute atomic E-state index is 11.8. The van der Waals surface area contributed by atoms with Gasteiger partial charge >= 0.3 is 12.1 Å². The Morgan fingerprint density at radius 2 is 2.00 bits per heavy atom. The van der Waals surface area contributed by atoms with Gasteiger partial charge in [0.15, 0.2) is 6.61 Å². The van der Waals surface area contributed by atoms with Crippen molar-refractivity contribution in [2.75, 3.05) is 13.7 Å². The van der Waals surface area contributed by atoms with Crippen molar-refractivity contribution in [3.63, 3.8) is 0 Å². The molecule has 0 aliphatic heterocycles. The Bertz CT molecular complexity index is 585. The molecule has 1 aromatic carbocycles. The second-order valence-corrected chi connectivity index (χ2v) is 5.15. The lowest BCUT2D eigenvalue weighted by Crippen LogP contribution is -2.29. The van der Waals surface area contributed by atoms with E-state index in [1.807, 2.05) is 0 Å². The minimum Gasteiger partial charge on any atom is -0.465 e. The number of rotatable bonds is 5. The Kier molecular flexibility index (Phi) is 5.09. The highest BCUT2D eigenvalue weighted by Crippen LogP contribution is 2.15. The van der Waals surface area contributed by atoms with E-state index in [9.17, 15) is 26.4 Å². The van der Waals surface area contributed by atoms with Gasteiger partial charge in [0.05, 0.1) is 17.6 Å². The third kappa shape index (κ3) is 4.79. The molecule has 1 rings (SSSR count). The standard InChI is InChI=1S/C10H10F3NO5S/c1-18-9(15)7-3-2-4-8(5-7)20(16,17)14-19-6-10(11,12)13/h2-5,14H,6H2,1H3. The Balaban J connectivity index is 2.85. The lowest BCUT2D eigenvalue weighted by atomic mass is 10.2. The molecule has 20 heavy (non-hydrogen) atoms. The van der Waals surface area contributed by atoms with E-state index < -0.39 is 33.7 Å². The van der Waals surface area contributed by atoms with Crippen LogP contribution in [0.1, 0.15) is 10.4 Å². The maximum Gasteiger partial charge on any atom is 0.413 e. The molecule has 0 aliphatic rings. The van der Waals surface area contributed by atoms with Gasteiger partial charge in [-0.05, 0) is 18.2 Å². The van der Waals surface area contributed by atoms with Crippen molar-refractivity contribution in [2.45, 2.75) is 11.1 Å². The summed E-state index contributed by atoms with van der Waals surface area (Å²) >= 11 is 0. The van der Waals surface area contributed by atoms with E-state index >= 15 is 0 Å². The number of sulfonamides is 1. The van der Waals surface area contributed by atoms with Gasteiger partial charge in [0, 0.05) is 0 Å². The summed E-state index contributed by atoms with van der Waals surface area (Å²) in [6, 6.07) is 4.57. The quantitative estimate of drug-likeness (QED) is 0.653. The van der Waals surface area contributed by atoms with E-state index in [2.05, 4.69) is 9.57 Å². The fraction of sp³-hybridized carbons (Fsp3) is 0.300. The number of alkyl halides is 3. The zero-order valence-corrected chi connectivity index (χ0v) is 10.9. The fourth-order valence-electron chi connectivity index (χ4n) is 1.15. The molecule has 0 saturated carbocycles. The molecular weight excluding hydrogens is 303 g/mol. The van der Waals surface area contributed by atoms with Gasteiger partial charge in [-0.1, -0.05) is 11.0 Å². The summed E-state index contributed by atoms with van der Waals surface area (Å²) in [4.78, 5) is 16.0. The van der Waals surface area contributed by atoms with Crippen LogP contribution in [0.25, 0.3) is 0 Å². The SMILES string of the molecule is COC(=O)c1cccc(S(=O)(=O)NOCC(F)(F)F)c1. The summed E-state index contributed by atoms with van der Waals surface area (Å²) in [5, 5.41) is 0. The second-order valence-electron chi connectivity index (χ2n) is 3.51. The first-order chi connectivity index (χ1) is 9.15. The van der Waals surface area contributed by atoms with Crippen molar-refractivity contribution in [1.29, 1.82) is 0 Å². The molecule has 1 N–H and O–H groups in total. The third-order valence-electron chi connectivity index (χ3n) is 1.97. The predicted octanol–water partition coefficient (Wildman–Crippen LogP) is 1.25. The molecule has 0 heterocycles. The molecule has 0 fully saturated rings. The molecule has 10 heteroatoms. The van der Waals surface area contributed by atoms with Crippen molar-refractivity contribution >= 4 is 16.0 Å². The number of carbonyl (C=O) groups excluding carboxylic acids is 1. The van der Waals surface area contributed by atoms with E-state index in [-0.39, 0.29) is 5.56 Å². The second kappa shape index (κ2) is 6.20. The van der Waals surface area contributed by atoms with Gasteiger partial charge in [0.25, 0.3) is 10.0 Å². The van der Waals surface area contributed by atoms with Gasteiger partial charge in [-0.2, -0.15) is 13.2 Å². The van der Waals surface area contributed by atoms with Crippen LogP contribution in [-0.4, -0.2) is 34.3 Å². The van der Waals surface area contributed by atoms with Crippen LogP contribution in [0.5, 0.6) is 0 Å². The minimum absolute atomic E-state index is 0.0637. The summed E-state index contributed by atoms with van der Waals surface area (Å²) in [7, 11) is -3.22. The van der Waals surface area contributed by atoms with Gasteiger partial charge in [-0.25, -0.2) is 13.2 Å². The monoisotopic (exact) mass is 313 g/mol. The number of ether oxygens (including phenoxy) is 1. The molecule has 0 atom stereocenters. The van der Waals surface area contributed by atoms with E-state index in [0.717, 1.165) is 19.2 Å². The van der Waals surface area contributed by atoms with E-state index in [1.165, 1.54) is 17.0 Å². The summed E-state index contributed by atoms with van der Waals surface area (Å²) < 4.78 is 63.1. The molecule has 0 amide bonds. The topological polar surface area (TPSA) is 81.7 Å². The smallest absolute Gasteiger partial charge is 0.413 e. The van der Waals surface area contributed by atoms with Gasteiger partial charge in [0.1, 0.15) is 0 Å². The number of benzene rings is 1. The molecule has 0 unspecified atom stereocenters. The molecule has 0 spiro atoms. The van der Waals surface area contributed by atoms with Gasteiger partial charge < -0.3 is 4.74 Å². The Morgan fingerprint density at radius 1 is 1.35 bits per heavy atom. The number of hydrogen-bond acceptors (Lipinski definition) is 5. The summed E-state index contributed by atoms with van der Waals surface area (Å²) in [5.74, 6) is -0.779. The van der Waals surface area contributed by atoms with Crippen LogP contribution < -0.4 is 4.89 Å². The van der Waals surface area contributed by atoms with Crippen LogP contribution in [-0.2, 0) is 19.6 Å². The summed E-state index contributed by atoms with van der Waals surface area (Å²) in [5.41, 5.74) is -0.0637. The van der Waals surface area contributed by atoms with Crippen LogP contribution in [0.15, 0.2) is 29.2 Å². The lowest BCUT2D eigenvalue weighted by Gasteiger charge is -2.09. The largest absolute Gasteiger partial charge is 0.465 e. The molecule has 0 bridgehead atoms. The van der Waals surface area contributed by atoms with E-state index in [1.54, 1.807) is 0 Å². The van der Waals surface area contributed by atoms with Crippen LogP contribution in [0, 0.1) is 0 Å². The normalized spacial score (nSPS) is 12.2. The van der Waals surface area contributed by atoms with Gasteiger partial charge in [-0.3, -0.25) is 4.84 Å². The Morgan fingerprint density at radius 3 is 2.55 bits per heavy atom. The van der Waals surface area contributed by atoms with Gasteiger partial charge in [0.2, 0.25) is 0 Å². The predicted molar refractivity (Wildman–Crippen MR) is 60.1 cm³/mol. The van der Waals surface area contributed by atoms with Crippen LogP contribution in [0.4, 0.5) is 13.2 Å². The number of methoxy groups -OCH3 is 1. The van der Waals surface area contributed by atoms with Crippen molar-refractivity contribution in [2.24, 2.45) is 0 Å². The van der Waals surface area contributed by atoms with Crippen molar-refractivity contribution in [3.8, 4) is 0 Å². The zero-order chi connectivity index (χ0) is 15.4. The highest BCUT2D eigenvalue weighted by Gasteiger charge is 2.29. The molecule has 112 valence electrons. The number of esters is 1. The maximum atomic E-state index is 11.8. The van der Waals surface area contributed by atoms with Crippen LogP contribution >= 0.6 is 0 Å². The Hall–Kier alpha value is -1.65. The first kappa shape index (κ1) is 16.4. The highest BCUT2D eigenvalue weighted by molar-refractivity contribution is 7.89. The summed E-state index contributed by atoms with van der Waals surface area (Å²) in [6.07, 6.45) is -4.67. The first-order valence-electron chi connectivity index (χ1n) is 5.04. The number of nitrogens with one attached hydrogen (secondary N) is 1. The van der Waals surface area contributed by atoms with Crippen LogP contribution in [0.3, 0.4) is 0 Å². The first-order valence-corrected chi connectivity index (χ1v) is 6.53. The third-order valence-corrected chi connectivity index (χ3v) is 3.18. The average molecular weight is 313 g/mol. The molecule has 1 aromatic rings. The number of halogens is 3. The average Bonchev–Trinajstić information content (AvgIpc) is 2.36. The summed E-state index contributed by atoms with van der Waals surface area (Å²) in [6.45, 7) is -1.77. The molecule has 6 nitrogen and oxygen atoms in total. The minimum atomic E-state index is -4.67. The van der Waals surface area contributed by atoms with Crippen LogP contribution in [0.2, 0.25) is 0 Å². The number of carbonyl (C=O) groups is 1. The van der Waals surface area contributed by atoms with Crippen molar-refractivity contribution in [1.82, 2.24) is 4.89 Å². The molecule has 0 aromatic heterocycles. The van der Waals surface area contributed by atoms with E-state index in [0.29, 0.717) is 0 Å². The molecule has 0 aliphatic carbocycles. The molecular formula is C10H10F3NO5S.